The van der Waals surface area contributed by atoms with Crippen LogP contribution in [0.3, 0.4) is 0 Å². The highest BCUT2D eigenvalue weighted by Crippen LogP contribution is 2.27. The standard InChI is InChI=1S/C29H35N5O3/c1-19(2)14-22(17-30)32-28(35)24-9-4-5-10-25(24)33-29(36)27-15-20-11-12-23(16-26(20)34(27)3)37-18-21-8-6-7-13-31-21/h6-8,11-13,15-16,19,22,24-25H,4-5,9-10,14,18H2,1-3H3,(H,32,35)(H,33,36). The molecule has 8 heteroatoms. The molecular weight excluding hydrogens is 466 g/mol. The van der Waals surface area contributed by atoms with E-state index in [1.807, 2.05) is 67.9 Å². The van der Waals surface area contributed by atoms with Crippen LogP contribution in [-0.4, -0.2) is 33.4 Å². The maximum atomic E-state index is 13.3. The first kappa shape index (κ1) is 26.2. The lowest BCUT2D eigenvalue weighted by atomic mass is 9.83. The van der Waals surface area contributed by atoms with Crippen LogP contribution in [0.15, 0.2) is 48.7 Å². The first-order valence-electron chi connectivity index (χ1n) is 13.0. The van der Waals surface area contributed by atoms with Gasteiger partial charge in [0, 0.05) is 30.7 Å². The van der Waals surface area contributed by atoms with Gasteiger partial charge >= 0.3 is 0 Å². The summed E-state index contributed by atoms with van der Waals surface area (Å²) in [6.07, 6.45) is 5.66. The molecule has 1 aliphatic rings. The molecule has 3 atom stereocenters. The zero-order valence-corrected chi connectivity index (χ0v) is 21.7. The minimum absolute atomic E-state index is 0.149. The number of pyridine rings is 1. The second kappa shape index (κ2) is 11.9. The Morgan fingerprint density at radius 2 is 2.00 bits per heavy atom. The number of carbonyl (C=O) groups excluding carboxylic acids is 2. The fraction of sp³-hybridized carbons (Fsp3) is 0.448. The summed E-state index contributed by atoms with van der Waals surface area (Å²) in [4.78, 5) is 30.7. The Bertz CT molecular complexity index is 1280. The average molecular weight is 502 g/mol. The highest BCUT2D eigenvalue weighted by atomic mass is 16.5. The van der Waals surface area contributed by atoms with Gasteiger partial charge in [0.15, 0.2) is 0 Å². The molecule has 3 unspecified atom stereocenters. The van der Waals surface area contributed by atoms with E-state index in [1.54, 1.807) is 6.20 Å². The van der Waals surface area contributed by atoms with E-state index in [2.05, 4.69) is 21.7 Å². The largest absolute Gasteiger partial charge is 0.487 e. The number of fused-ring (bicyclic) bond motifs is 1. The van der Waals surface area contributed by atoms with E-state index >= 15 is 0 Å². The zero-order valence-electron chi connectivity index (χ0n) is 21.7. The molecule has 0 bridgehead atoms. The smallest absolute Gasteiger partial charge is 0.268 e. The van der Waals surface area contributed by atoms with Gasteiger partial charge in [0.1, 0.15) is 24.1 Å². The Labute approximate surface area is 218 Å². The molecule has 0 radical (unpaired) electrons. The lowest BCUT2D eigenvalue weighted by Gasteiger charge is -2.32. The van der Waals surface area contributed by atoms with Crippen molar-refractivity contribution in [2.75, 3.05) is 0 Å². The quantitative estimate of drug-likeness (QED) is 0.449. The van der Waals surface area contributed by atoms with Crippen molar-refractivity contribution < 1.29 is 14.3 Å². The van der Waals surface area contributed by atoms with Crippen LogP contribution < -0.4 is 15.4 Å². The van der Waals surface area contributed by atoms with Crippen molar-refractivity contribution in [1.29, 1.82) is 5.26 Å². The van der Waals surface area contributed by atoms with Gasteiger partial charge in [0.2, 0.25) is 5.91 Å². The molecule has 1 aliphatic carbocycles. The van der Waals surface area contributed by atoms with Gasteiger partial charge in [-0.25, -0.2) is 0 Å². The molecule has 3 aromatic rings. The third kappa shape index (κ3) is 6.48. The number of nitrogens with zero attached hydrogens (tertiary/aromatic N) is 3. The Morgan fingerprint density at radius 3 is 2.73 bits per heavy atom. The SMILES string of the molecule is CC(C)CC(C#N)NC(=O)C1CCCCC1NC(=O)c1cc2ccc(OCc3ccccn3)cc2n1C. The molecule has 37 heavy (non-hydrogen) atoms. The van der Waals surface area contributed by atoms with Crippen LogP contribution in [0.2, 0.25) is 0 Å². The zero-order chi connectivity index (χ0) is 26.4. The van der Waals surface area contributed by atoms with Crippen LogP contribution in [0.1, 0.15) is 62.1 Å². The van der Waals surface area contributed by atoms with E-state index in [0.717, 1.165) is 35.9 Å². The predicted octanol–water partition coefficient (Wildman–Crippen LogP) is 4.50. The third-order valence-electron chi connectivity index (χ3n) is 6.96. The van der Waals surface area contributed by atoms with E-state index in [0.29, 0.717) is 36.8 Å². The fourth-order valence-corrected chi connectivity index (χ4v) is 5.01. The number of benzene rings is 1. The fourth-order valence-electron chi connectivity index (χ4n) is 5.01. The first-order valence-corrected chi connectivity index (χ1v) is 13.0. The Kier molecular flexibility index (Phi) is 8.44. The number of ether oxygens (including phenoxy) is 1. The van der Waals surface area contributed by atoms with Crippen LogP contribution in [0, 0.1) is 23.2 Å². The van der Waals surface area contributed by atoms with Crippen LogP contribution in [0.4, 0.5) is 0 Å². The van der Waals surface area contributed by atoms with Gasteiger partial charge in [-0.2, -0.15) is 5.26 Å². The van der Waals surface area contributed by atoms with Gasteiger partial charge in [0.25, 0.3) is 5.91 Å². The maximum absolute atomic E-state index is 13.3. The number of hydrogen-bond acceptors (Lipinski definition) is 5. The van der Waals surface area contributed by atoms with Gasteiger partial charge in [-0.3, -0.25) is 14.6 Å². The number of carbonyl (C=O) groups is 2. The molecule has 194 valence electrons. The monoisotopic (exact) mass is 501 g/mol. The molecule has 4 rings (SSSR count). The van der Waals surface area contributed by atoms with Crippen LogP contribution in [-0.2, 0) is 18.4 Å². The van der Waals surface area contributed by atoms with E-state index in [9.17, 15) is 14.9 Å². The molecule has 1 aromatic carbocycles. The Balaban J connectivity index is 1.45. The molecule has 8 nitrogen and oxygen atoms in total. The molecule has 2 aromatic heterocycles. The lowest BCUT2D eigenvalue weighted by Crippen LogP contribution is -2.50. The van der Waals surface area contributed by atoms with Crippen molar-refractivity contribution in [3.63, 3.8) is 0 Å². The van der Waals surface area contributed by atoms with Crippen LogP contribution >= 0.6 is 0 Å². The van der Waals surface area contributed by atoms with Crippen molar-refractivity contribution in [1.82, 2.24) is 20.2 Å². The number of rotatable bonds is 9. The minimum Gasteiger partial charge on any atom is -0.487 e. The summed E-state index contributed by atoms with van der Waals surface area (Å²) < 4.78 is 7.76. The summed E-state index contributed by atoms with van der Waals surface area (Å²) >= 11 is 0. The minimum atomic E-state index is -0.516. The highest BCUT2D eigenvalue weighted by molar-refractivity contribution is 5.99. The maximum Gasteiger partial charge on any atom is 0.268 e. The highest BCUT2D eigenvalue weighted by Gasteiger charge is 2.33. The van der Waals surface area contributed by atoms with Gasteiger partial charge in [-0.05, 0) is 55.5 Å². The van der Waals surface area contributed by atoms with Crippen LogP contribution in [0.25, 0.3) is 10.9 Å². The van der Waals surface area contributed by atoms with Crippen LogP contribution in [0.5, 0.6) is 5.75 Å². The number of hydrogen-bond donors (Lipinski definition) is 2. The topological polar surface area (TPSA) is 109 Å². The Morgan fingerprint density at radius 1 is 1.19 bits per heavy atom. The van der Waals surface area contributed by atoms with Gasteiger partial charge in [0.05, 0.1) is 23.2 Å². The molecule has 2 N–H and O–H groups in total. The molecule has 1 fully saturated rings. The van der Waals surface area contributed by atoms with Crippen molar-refractivity contribution in [2.45, 2.75) is 64.6 Å². The normalized spacial score (nSPS) is 18.2. The number of aromatic nitrogens is 2. The van der Waals surface area contributed by atoms with E-state index in [-0.39, 0.29) is 23.8 Å². The number of nitrogens with one attached hydrogen (secondary N) is 2. The van der Waals surface area contributed by atoms with E-state index in [4.69, 9.17) is 4.74 Å². The lowest BCUT2D eigenvalue weighted by molar-refractivity contribution is -0.127. The summed E-state index contributed by atoms with van der Waals surface area (Å²) in [5.74, 6) is 0.298. The van der Waals surface area contributed by atoms with E-state index < -0.39 is 6.04 Å². The number of nitriles is 1. The molecular formula is C29H35N5O3. The molecule has 0 aliphatic heterocycles. The van der Waals surface area contributed by atoms with E-state index in [1.165, 1.54) is 0 Å². The second-order valence-electron chi connectivity index (χ2n) is 10.2. The van der Waals surface area contributed by atoms with Crippen molar-refractivity contribution in [3.05, 3.63) is 60.0 Å². The van der Waals surface area contributed by atoms with Gasteiger partial charge in [-0.15, -0.1) is 0 Å². The Hall–Kier alpha value is -3.86. The summed E-state index contributed by atoms with van der Waals surface area (Å²) in [5.41, 5.74) is 2.24. The molecule has 0 spiro atoms. The predicted molar refractivity (Wildman–Crippen MR) is 142 cm³/mol. The average Bonchev–Trinajstić information content (AvgIpc) is 3.23. The van der Waals surface area contributed by atoms with Crippen molar-refractivity contribution >= 4 is 22.7 Å². The number of aryl methyl sites for hydroxylation is 1. The van der Waals surface area contributed by atoms with Gasteiger partial charge < -0.3 is 19.9 Å². The summed E-state index contributed by atoms with van der Waals surface area (Å²) in [5, 5.41) is 16.4. The molecule has 2 heterocycles. The van der Waals surface area contributed by atoms with Crippen molar-refractivity contribution in [2.24, 2.45) is 18.9 Å². The van der Waals surface area contributed by atoms with Crippen molar-refractivity contribution in [3.8, 4) is 11.8 Å². The molecule has 2 amide bonds. The molecule has 0 saturated heterocycles. The third-order valence-corrected chi connectivity index (χ3v) is 6.96. The molecule has 1 saturated carbocycles. The first-order chi connectivity index (χ1) is 17.9. The summed E-state index contributed by atoms with van der Waals surface area (Å²) in [7, 11) is 1.86. The van der Waals surface area contributed by atoms with Gasteiger partial charge in [-0.1, -0.05) is 32.8 Å². The summed E-state index contributed by atoms with van der Waals surface area (Å²) in [6.45, 7) is 4.41. The summed E-state index contributed by atoms with van der Waals surface area (Å²) in [6, 6.07) is 14.7. The number of amides is 2. The second-order valence-corrected chi connectivity index (χ2v) is 10.2.